The summed E-state index contributed by atoms with van der Waals surface area (Å²) in [5, 5.41) is 14.0. The molecule has 16 heavy (non-hydrogen) atoms. The molecule has 0 spiro atoms. The number of hydrogen-bond donors (Lipinski definition) is 2. The minimum absolute atomic E-state index is 0.443. The standard InChI is InChI=1S/C13H26N2O/c1-11(2)15-8-6-13(16,7-9-15)10-14-12-4-3-5-12/h11-12,14,16H,3-10H2,1-2H3. The van der Waals surface area contributed by atoms with Crippen molar-refractivity contribution in [2.45, 2.75) is 63.6 Å². The van der Waals surface area contributed by atoms with Gasteiger partial charge < -0.3 is 15.3 Å². The molecular formula is C13H26N2O. The lowest BCUT2D eigenvalue weighted by molar-refractivity contribution is -0.0295. The van der Waals surface area contributed by atoms with Crippen molar-refractivity contribution in [1.29, 1.82) is 0 Å². The molecule has 0 aromatic rings. The van der Waals surface area contributed by atoms with Gasteiger partial charge in [-0.05, 0) is 39.5 Å². The van der Waals surface area contributed by atoms with Crippen LogP contribution in [0.5, 0.6) is 0 Å². The van der Waals surface area contributed by atoms with E-state index >= 15 is 0 Å². The zero-order valence-corrected chi connectivity index (χ0v) is 10.7. The second-order valence-corrected chi connectivity index (χ2v) is 5.86. The lowest BCUT2D eigenvalue weighted by Gasteiger charge is -2.41. The SMILES string of the molecule is CC(C)N1CCC(O)(CNC2CCC2)CC1. The first kappa shape index (κ1) is 12.3. The van der Waals surface area contributed by atoms with Gasteiger partial charge in [0.25, 0.3) is 0 Å². The highest BCUT2D eigenvalue weighted by atomic mass is 16.3. The third-order valence-corrected chi connectivity index (χ3v) is 4.28. The lowest BCUT2D eigenvalue weighted by Crippen LogP contribution is -2.53. The van der Waals surface area contributed by atoms with E-state index in [4.69, 9.17) is 0 Å². The van der Waals surface area contributed by atoms with Crippen molar-refractivity contribution < 1.29 is 5.11 Å². The highest BCUT2D eigenvalue weighted by molar-refractivity contribution is 4.90. The molecule has 3 heteroatoms. The van der Waals surface area contributed by atoms with Gasteiger partial charge in [-0.2, -0.15) is 0 Å². The molecule has 1 saturated heterocycles. The number of likely N-dealkylation sites (tertiary alicyclic amines) is 1. The first-order valence-corrected chi connectivity index (χ1v) is 6.79. The monoisotopic (exact) mass is 226 g/mol. The van der Waals surface area contributed by atoms with Crippen LogP contribution in [0.1, 0.15) is 46.0 Å². The molecule has 2 rings (SSSR count). The zero-order chi connectivity index (χ0) is 11.6. The molecule has 0 unspecified atom stereocenters. The fraction of sp³-hybridized carbons (Fsp3) is 1.00. The maximum absolute atomic E-state index is 10.5. The smallest absolute Gasteiger partial charge is 0.0796 e. The van der Waals surface area contributed by atoms with E-state index in [1.54, 1.807) is 0 Å². The summed E-state index contributed by atoms with van der Waals surface area (Å²) in [4.78, 5) is 2.46. The van der Waals surface area contributed by atoms with Crippen molar-refractivity contribution in [3.63, 3.8) is 0 Å². The molecule has 0 aromatic carbocycles. The van der Waals surface area contributed by atoms with Gasteiger partial charge in [-0.15, -0.1) is 0 Å². The second kappa shape index (κ2) is 5.03. The van der Waals surface area contributed by atoms with Crippen molar-refractivity contribution >= 4 is 0 Å². The maximum atomic E-state index is 10.5. The van der Waals surface area contributed by atoms with Gasteiger partial charge >= 0.3 is 0 Å². The summed E-state index contributed by atoms with van der Waals surface area (Å²) < 4.78 is 0. The summed E-state index contributed by atoms with van der Waals surface area (Å²) >= 11 is 0. The van der Waals surface area contributed by atoms with Gasteiger partial charge in [0, 0.05) is 31.7 Å². The molecule has 0 amide bonds. The van der Waals surface area contributed by atoms with Gasteiger partial charge in [-0.3, -0.25) is 0 Å². The highest BCUT2D eigenvalue weighted by Crippen LogP contribution is 2.24. The van der Waals surface area contributed by atoms with Crippen molar-refractivity contribution in [3.05, 3.63) is 0 Å². The Morgan fingerprint density at radius 1 is 1.31 bits per heavy atom. The Bertz CT molecular complexity index is 218. The third-order valence-electron chi connectivity index (χ3n) is 4.28. The van der Waals surface area contributed by atoms with E-state index in [1.165, 1.54) is 19.3 Å². The lowest BCUT2D eigenvalue weighted by atomic mass is 9.88. The molecule has 0 atom stereocenters. The van der Waals surface area contributed by atoms with Gasteiger partial charge in [0.15, 0.2) is 0 Å². The fourth-order valence-corrected chi connectivity index (χ4v) is 2.58. The molecule has 0 aromatic heterocycles. The first-order chi connectivity index (χ1) is 7.59. The van der Waals surface area contributed by atoms with Crippen LogP contribution < -0.4 is 5.32 Å². The van der Waals surface area contributed by atoms with Crippen LogP contribution in [0.3, 0.4) is 0 Å². The van der Waals surface area contributed by atoms with E-state index in [1.807, 2.05) is 0 Å². The van der Waals surface area contributed by atoms with Crippen LogP contribution in [-0.2, 0) is 0 Å². The number of nitrogens with one attached hydrogen (secondary N) is 1. The molecule has 0 radical (unpaired) electrons. The summed E-state index contributed by atoms with van der Waals surface area (Å²) in [6.07, 6.45) is 5.80. The fourth-order valence-electron chi connectivity index (χ4n) is 2.58. The zero-order valence-electron chi connectivity index (χ0n) is 10.7. The third kappa shape index (κ3) is 2.96. The normalized spacial score (nSPS) is 27.0. The minimum atomic E-state index is -0.443. The van der Waals surface area contributed by atoms with E-state index in [9.17, 15) is 5.11 Å². The molecule has 94 valence electrons. The van der Waals surface area contributed by atoms with Gasteiger partial charge in [0.05, 0.1) is 5.60 Å². The van der Waals surface area contributed by atoms with E-state index in [-0.39, 0.29) is 0 Å². The summed E-state index contributed by atoms with van der Waals surface area (Å²) in [7, 11) is 0. The Labute approximate surface area is 99.2 Å². The number of aliphatic hydroxyl groups is 1. The van der Waals surface area contributed by atoms with Gasteiger partial charge in [0.1, 0.15) is 0 Å². The van der Waals surface area contributed by atoms with E-state index in [2.05, 4.69) is 24.1 Å². The van der Waals surface area contributed by atoms with Gasteiger partial charge in [-0.1, -0.05) is 6.42 Å². The van der Waals surface area contributed by atoms with Crippen LogP contribution in [0, 0.1) is 0 Å². The Balaban J connectivity index is 1.72. The molecule has 3 nitrogen and oxygen atoms in total. The van der Waals surface area contributed by atoms with E-state index in [0.717, 1.165) is 32.5 Å². The molecule has 1 saturated carbocycles. The van der Waals surface area contributed by atoms with Crippen LogP contribution in [0.25, 0.3) is 0 Å². The Kier molecular flexibility index (Phi) is 3.88. The first-order valence-electron chi connectivity index (χ1n) is 6.79. The largest absolute Gasteiger partial charge is 0.388 e. The highest BCUT2D eigenvalue weighted by Gasteiger charge is 2.33. The van der Waals surface area contributed by atoms with Crippen molar-refractivity contribution in [3.8, 4) is 0 Å². The summed E-state index contributed by atoms with van der Waals surface area (Å²) in [6.45, 7) is 7.35. The Morgan fingerprint density at radius 2 is 1.94 bits per heavy atom. The minimum Gasteiger partial charge on any atom is -0.388 e. The molecule has 2 fully saturated rings. The predicted molar refractivity (Wildman–Crippen MR) is 66.5 cm³/mol. The average Bonchev–Trinajstić information content (AvgIpc) is 2.15. The van der Waals surface area contributed by atoms with Crippen LogP contribution >= 0.6 is 0 Å². The van der Waals surface area contributed by atoms with Crippen molar-refractivity contribution in [1.82, 2.24) is 10.2 Å². The second-order valence-electron chi connectivity index (χ2n) is 5.86. The van der Waals surface area contributed by atoms with Crippen molar-refractivity contribution in [2.75, 3.05) is 19.6 Å². The van der Waals surface area contributed by atoms with Crippen LogP contribution in [0.4, 0.5) is 0 Å². The number of nitrogens with zero attached hydrogens (tertiary/aromatic N) is 1. The van der Waals surface area contributed by atoms with Crippen molar-refractivity contribution in [2.24, 2.45) is 0 Å². The van der Waals surface area contributed by atoms with E-state index in [0.29, 0.717) is 12.1 Å². The van der Waals surface area contributed by atoms with Crippen LogP contribution in [-0.4, -0.2) is 47.3 Å². The van der Waals surface area contributed by atoms with Gasteiger partial charge in [0.2, 0.25) is 0 Å². The molecule has 1 heterocycles. The summed E-state index contributed by atoms with van der Waals surface area (Å²) in [6, 6.07) is 1.30. The number of hydrogen-bond acceptors (Lipinski definition) is 3. The maximum Gasteiger partial charge on any atom is 0.0796 e. The Morgan fingerprint density at radius 3 is 2.38 bits per heavy atom. The van der Waals surface area contributed by atoms with Crippen LogP contribution in [0.2, 0.25) is 0 Å². The molecule has 2 aliphatic rings. The summed E-state index contributed by atoms with van der Waals surface area (Å²) in [5.41, 5.74) is -0.443. The molecule has 1 aliphatic carbocycles. The molecule has 0 bridgehead atoms. The van der Waals surface area contributed by atoms with Crippen LogP contribution in [0.15, 0.2) is 0 Å². The molecule has 2 N–H and O–H groups in total. The Hall–Kier alpha value is -0.120. The molecular weight excluding hydrogens is 200 g/mol. The number of piperidine rings is 1. The van der Waals surface area contributed by atoms with Gasteiger partial charge in [-0.25, -0.2) is 0 Å². The van der Waals surface area contributed by atoms with E-state index < -0.39 is 5.60 Å². The topological polar surface area (TPSA) is 35.5 Å². The predicted octanol–water partition coefficient (Wildman–Crippen LogP) is 1.36. The molecule has 1 aliphatic heterocycles. The average molecular weight is 226 g/mol. The number of rotatable bonds is 4. The quantitative estimate of drug-likeness (QED) is 0.760. The summed E-state index contributed by atoms with van der Waals surface area (Å²) in [5.74, 6) is 0.